The van der Waals surface area contributed by atoms with E-state index in [9.17, 15) is 0 Å². The first kappa shape index (κ1) is 30.4. The van der Waals surface area contributed by atoms with E-state index in [-0.39, 0.29) is 16.6 Å². The van der Waals surface area contributed by atoms with Crippen molar-refractivity contribution in [3.8, 4) is 22.3 Å². The lowest BCUT2D eigenvalue weighted by molar-refractivity contribution is 0.628. The largest absolute Gasteiger partial charge is 0.454 e. The standard InChI is InChI=1S/C50H36FNO/c1-49(2)40-28-39-36-24-21-30-26-31(52(43-17-9-8-16-42(43)51)44-18-11-15-37-34-14-7-10-19-45(34)53-48(37)44)22-25-33(30)47(36)50(3,4)41(39)27-38(40)35-23-20-29-12-5-6-13-32(29)46(35)49/h5-28H,1-4H3. The van der Waals surface area contributed by atoms with Gasteiger partial charge in [-0.1, -0.05) is 125 Å². The Labute approximate surface area is 307 Å². The number of hydrogen-bond acceptors (Lipinski definition) is 2. The zero-order valence-corrected chi connectivity index (χ0v) is 30.1. The first-order valence-electron chi connectivity index (χ1n) is 18.5. The molecular formula is C50H36FNO. The van der Waals surface area contributed by atoms with Gasteiger partial charge in [0.1, 0.15) is 11.4 Å². The summed E-state index contributed by atoms with van der Waals surface area (Å²) in [6.07, 6.45) is 0. The van der Waals surface area contributed by atoms with Gasteiger partial charge in [0.05, 0.1) is 11.4 Å². The first-order chi connectivity index (χ1) is 25.7. The van der Waals surface area contributed by atoms with Gasteiger partial charge in [-0.3, -0.25) is 0 Å². The Balaban J connectivity index is 1.09. The van der Waals surface area contributed by atoms with Crippen LogP contribution < -0.4 is 4.90 Å². The number of anilines is 3. The molecule has 0 unspecified atom stereocenters. The number of furan rings is 1. The van der Waals surface area contributed by atoms with Gasteiger partial charge < -0.3 is 9.32 Å². The Kier molecular flexibility index (Phi) is 6.00. The van der Waals surface area contributed by atoms with Gasteiger partial charge in [-0.15, -0.1) is 0 Å². The van der Waals surface area contributed by atoms with Crippen LogP contribution in [0, 0.1) is 5.82 Å². The van der Waals surface area contributed by atoms with Crippen molar-refractivity contribution in [2.24, 2.45) is 0 Å². The Morgan fingerprint density at radius 3 is 1.79 bits per heavy atom. The van der Waals surface area contributed by atoms with Crippen molar-refractivity contribution >= 4 is 60.5 Å². The maximum Gasteiger partial charge on any atom is 0.159 e. The highest BCUT2D eigenvalue weighted by Crippen LogP contribution is 2.58. The molecule has 0 spiro atoms. The third-order valence-electron chi connectivity index (χ3n) is 12.2. The van der Waals surface area contributed by atoms with Crippen LogP contribution in [0.4, 0.5) is 21.5 Å². The molecule has 0 fully saturated rings. The summed E-state index contributed by atoms with van der Waals surface area (Å²) in [6.45, 7) is 9.50. The highest BCUT2D eigenvalue weighted by Gasteiger charge is 2.43. The lowest BCUT2D eigenvalue weighted by Gasteiger charge is -2.27. The van der Waals surface area contributed by atoms with Crippen LogP contribution in [0.3, 0.4) is 0 Å². The summed E-state index contributed by atoms with van der Waals surface area (Å²) in [6, 6.07) is 50.7. The number of fused-ring (bicyclic) bond motifs is 13. The molecule has 254 valence electrons. The minimum Gasteiger partial charge on any atom is -0.454 e. The van der Waals surface area contributed by atoms with Gasteiger partial charge in [0.2, 0.25) is 0 Å². The molecule has 8 aromatic carbocycles. The summed E-state index contributed by atoms with van der Waals surface area (Å²) in [4.78, 5) is 2.00. The van der Waals surface area contributed by atoms with E-state index in [4.69, 9.17) is 4.42 Å². The smallest absolute Gasteiger partial charge is 0.159 e. The van der Waals surface area contributed by atoms with Crippen molar-refractivity contribution in [1.82, 2.24) is 0 Å². The molecule has 2 aliphatic carbocycles. The van der Waals surface area contributed by atoms with E-state index >= 15 is 4.39 Å². The maximum absolute atomic E-state index is 15.8. The molecule has 1 aromatic heterocycles. The first-order valence-corrected chi connectivity index (χ1v) is 18.5. The van der Waals surface area contributed by atoms with Crippen LogP contribution in [0.2, 0.25) is 0 Å². The molecule has 0 saturated heterocycles. The fraction of sp³-hybridized carbons (Fsp3) is 0.120. The molecule has 2 aliphatic rings. The van der Waals surface area contributed by atoms with Gasteiger partial charge in [-0.25, -0.2) is 4.39 Å². The summed E-state index contributed by atoms with van der Waals surface area (Å²) >= 11 is 0. The topological polar surface area (TPSA) is 16.4 Å². The normalized spacial score (nSPS) is 14.8. The van der Waals surface area contributed by atoms with E-state index in [0.29, 0.717) is 5.69 Å². The van der Waals surface area contributed by atoms with E-state index in [2.05, 4.69) is 119 Å². The number of hydrogen-bond donors (Lipinski definition) is 0. The number of para-hydroxylation sites is 3. The van der Waals surface area contributed by atoms with Gasteiger partial charge in [0.15, 0.2) is 5.58 Å². The molecule has 53 heavy (non-hydrogen) atoms. The number of halogens is 1. The van der Waals surface area contributed by atoms with Crippen LogP contribution in [-0.2, 0) is 10.8 Å². The summed E-state index contributed by atoms with van der Waals surface area (Å²) in [5, 5.41) is 7.01. The van der Waals surface area contributed by atoms with Crippen molar-refractivity contribution in [1.29, 1.82) is 0 Å². The zero-order valence-electron chi connectivity index (χ0n) is 30.1. The van der Waals surface area contributed by atoms with E-state index < -0.39 is 0 Å². The predicted octanol–water partition coefficient (Wildman–Crippen LogP) is 14.1. The van der Waals surface area contributed by atoms with Crippen LogP contribution >= 0.6 is 0 Å². The van der Waals surface area contributed by atoms with E-state index in [1.165, 1.54) is 66.7 Å². The second kappa shape index (κ2) is 10.5. The van der Waals surface area contributed by atoms with Crippen LogP contribution in [0.5, 0.6) is 0 Å². The van der Waals surface area contributed by atoms with Crippen molar-refractivity contribution in [3.63, 3.8) is 0 Å². The van der Waals surface area contributed by atoms with Crippen LogP contribution in [0.25, 0.3) is 65.7 Å². The molecule has 11 rings (SSSR count). The molecule has 0 bridgehead atoms. The Hall–Kier alpha value is -6.19. The second-order valence-corrected chi connectivity index (χ2v) is 15.8. The third kappa shape index (κ3) is 4.02. The molecule has 0 atom stereocenters. The molecule has 0 aliphatic heterocycles. The monoisotopic (exact) mass is 685 g/mol. The minimum atomic E-state index is -0.295. The van der Waals surface area contributed by atoms with Crippen LogP contribution in [0.15, 0.2) is 150 Å². The fourth-order valence-corrected chi connectivity index (χ4v) is 9.82. The zero-order chi connectivity index (χ0) is 35.8. The quantitative estimate of drug-likeness (QED) is 0.184. The van der Waals surface area contributed by atoms with Crippen molar-refractivity contribution < 1.29 is 8.81 Å². The Morgan fingerprint density at radius 2 is 1.06 bits per heavy atom. The predicted molar refractivity (Wildman–Crippen MR) is 219 cm³/mol. The van der Waals surface area contributed by atoms with Crippen molar-refractivity contribution in [3.05, 3.63) is 174 Å². The third-order valence-corrected chi connectivity index (χ3v) is 12.2. The van der Waals surface area contributed by atoms with E-state index in [1.807, 2.05) is 47.4 Å². The molecule has 0 saturated carbocycles. The van der Waals surface area contributed by atoms with E-state index in [0.717, 1.165) is 38.7 Å². The Morgan fingerprint density at radius 1 is 0.472 bits per heavy atom. The van der Waals surface area contributed by atoms with Gasteiger partial charge in [-0.2, -0.15) is 0 Å². The molecule has 1 heterocycles. The second-order valence-electron chi connectivity index (χ2n) is 15.8. The molecule has 2 nitrogen and oxygen atoms in total. The molecule has 0 amide bonds. The molecule has 0 radical (unpaired) electrons. The lowest BCUT2D eigenvalue weighted by Crippen LogP contribution is -2.17. The van der Waals surface area contributed by atoms with Gasteiger partial charge in [-0.05, 0) is 115 Å². The molecule has 0 N–H and O–H groups in total. The SMILES string of the molecule is CC1(C)c2cc3c(cc2-c2ccc4ccccc4c21)C(C)(C)c1c-3ccc2cc(N(c3ccccc3F)c3cccc4c3oc3ccccc34)ccc12. The number of benzene rings is 8. The number of rotatable bonds is 3. The van der Waals surface area contributed by atoms with Gasteiger partial charge in [0, 0.05) is 27.3 Å². The average Bonchev–Trinajstić information content (AvgIpc) is 3.75. The van der Waals surface area contributed by atoms with Gasteiger partial charge in [0.25, 0.3) is 0 Å². The molecule has 9 aromatic rings. The lowest BCUT2D eigenvalue weighted by atomic mass is 9.78. The summed E-state index contributed by atoms with van der Waals surface area (Å²) in [7, 11) is 0. The molecule has 3 heteroatoms. The highest BCUT2D eigenvalue weighted by atomic mass is 19.1. The average molecular weight is 686 g/mol. The van der Waals surface area contributed by atoms with Crippen molar-refractivity contribution in [2.45, 2.75) is 38.5 Å². The van der Waals surface area contributed by atoms with Crippen LogP contribution in [0.1, 0.15) is 49.9 Å². The van der Waals surface area contributed by atoms with Crippen LogP contribution in [-0.4, -0.2) is 0 Å². The highest BCUT2D eigenvalue weighted by molar-refractivity contribution is 6.11. The Bertz CT molecular complexity index is 3040. The summed E-state index contributed by atoms with van der Waals surface area (Å²) in [5.74, 6) is -0.295. The minimum absolute atomic E-state index is 0.127. The van der Waals surface area contributed by atoms with Gasteiger partial charge >= 0.3 is 0 Å². The summed E-state index contributed by atoms with van der Waals surface area (Å²) in [5.41, 5.74) is 14.2. The fourth-order valence-electron chi connectivity index (χ4n) is 9.82. The summed E-state index contributed by atoms with van der Waals surface area (Å²) < 4.78 is 22.3. The van der Waals surface area contributed by atoms with E-state index in [1.54, 1.807) is 6.07 Å². The number of nitrogens with zero attached hydrogens (tertiary/aromatic N) is 1. The molecular weight excluding hydrogens is 650 g/mol. The van der Waals surface area contributed by atoms with Crippen molar-refractivity contribution in [2.75, 3.05) is 4.90 Å². The maximum atomic E-state index is 15.8.